The Hall–Kier alpha value is -5.77. The van der Waals surface area contributed by atoms with Crippen LogP contribution in [0.25, 0.3) is 0 Å². The largest absolute Gasteiger partial charge is 0.494 e. The Labute approximate surface area is 331 Å². The van der Waals surface area contributed by atoms with Crippen molar-refractivity contribution in [2.75, 3.05) is 33.0 Å². The molecule has 10 nitrogen and oxygen atoms in total. The van der Waals surface area contributed by atoms with E-state index in [0.29, 0.717) is 61.4 Å². The third-order valence-electron chi connectivity index (χ3n) is 8.39. The Morgan fingerprint density at radius 1 is 0.500 bits per heavy atom. The number of benzene rings is 3. The predicted molar refractivity (Wildman–Crippen MR) is 218 cm³/mol. The molecule has 300 valence electrons. The summed E-state index contributed by atoms with van der Waals surface area (Å²) in [6.45, 7) is 19.2. The molecule has 3 aromatic carbocycles. The van der Waals surface area contributed by atoms with Gasteiger partial charge >= 0.3 is 17.9 Å². The van der Waals surface area contributed by atoms with Crippen LogP contribution in [0.4, 0.5) is 0 Å². The summed E-state index contributed by atoms with van der Waals surface area (Å²) in [6, 6.07) is 17.4. The fourth-order valence-corrected chi connectivity index (χ4v) is 5.13. The third-order valence-corrected chi connectivity index (χ3v) is 8.39. The second-order valence-electron chi connectivity index (χ2n) is 12.9. The van der Waals surface area contributed by atoms with E-state index in [-0.39, 0.29) is 29.2 Å². The zero-order valence-corrected chi connectivity index (χ0v) is 32.7. The predicted octanol–water partition coefficient (Wildman–Crippen LogP) is 10.8. The maximum Gasteiger partial charge on any atom is 0.343 e. The van der Waals surface area contributed by atoms with Crippen molar-refractivity contribution in [3.63, 3.8) is 0 Å². The molecule has 0 aromatic heterocycles. The molecular weight excluding hydrogens is 712 g/mol. The number of hydrogen-bond donors (Lipinski definition) is 0. The summed E-state index contributed by atoms with van der Waals surface area (Å²) >= 11 is 0. The fraction of sp³-hybridized carbons (Fsp3) is 0.370. The van der Waals surface area contributed by atoms with Crippen molar-refractivity contribution in [3.8, 4) is 23.0 Å². The van der Waals surface area contributed by atoms with Gasteiger partial charge < -0.3 is 33.2 Å². The first-order chi connectivity index (χ1) is 27.2. The first kappa shape index (κ1) is 44.6. The van der Waals surface area contributed by atoms with Crippen molar-refractivity contribution in [2.24, 2.45) is 0 Å². The molecule has 10 heteroatoms. The topological polar surface area (TPSA) is 116 Å². The van der Waals surface area contributed by atoms with Gasteiger partial charge in [0.15, 0.2) is 0 Å². The number of rotatable bonds is 29. The summed E-state index contributed by atoms with van der Waals surface area (Å²) in [7, 11) is 0. The van der Waals surface area contributed by atoms with Gasteiger partial charge in [0.25, 0.3) is 0 Å². The molecule has 0 aliphatic carbocycles. The maximum absolute atomic E-state index is 13.2. The van der Waals surface area contributed by atoms with Gasteiger partial charge in [0, 0.05) is 0 Å². The minimum Gasteiger partial charge on any atom is -0.494 e. The van der Waals surface area contributed by atoms with Gasteiger partial charge in [-0.15, -0.1) is 0 Å². The lowest BCUT2D eigenvalue weighted by molar-refractivity contribution is 0.0490. The number of ether oxygens (including phenoxy) is 7. The number of unbranched alkanes of at least 4 members (excludes halogenated alkanes) is 8. The van der Waals surface area contributed by atoms with Gasteiger partial charge in [0.1, 0.15) is 40.1 Å². The van der Waals surface area contributed by atoms with Gasteiger partial charge in [-0.1, -0.05) is 46.1 Å². The molecule has 0 N–H and O–H groups in total. The quantitative estimate of drug-likeness (QED) is 0.0222. The highest BCUT2D eigenvalue weighted by Gasteiger charge is 2.21. The molecule has 56 heavy (non-hydrogen) atoms. The van der Waals surface area contributed by atoms with E-state index >= 15 is 0 Å². The Balaban J connectivity index is 1.53. The molecule has 0 amide bonds. The maximum atomic E-state index is 13.2. The van der Waals surface area contributed by atoms with Crippen molar-refractivity contribution in [3.05, 3.63) is 133 Å². The van der Waals surface area contributed by atoms with Gasteiger partial charge in [-0.2, -0.15) is 0 Å². The van der Waals surface area contributed by atoms with E-state index in [1.165, 1.54) is 18.2 Å². The average molecular weight is 769 g/mol. The summed E-state index contributed by atoms with van der Waals surface area (Å²) < 4.78 is 39.2. The van der Waals surface area contributed by atoms with Gasteiger partial charge in [0.05, 0.1) is 44.2 Å². The van der Waals surface area contributed by atoms with Crippen LogP contribution in [0, 0.1) is 0 Å². The number of carbonyl (C=O) groups excluding carboxylic acids is 3. The highest BCUT2D eigenvalue weighted by atomic mass is 16.6. The highest BCUT2D eigenvalue weighted by molar-refractivity contribution is 5.97. The highest BCUT2D eigenvalue weighted by Crippen LogP contribution is 2.28. The SMILES string of the molecule is C=CC(=C)OCCCCCCOc1ccc(C(=O)Oc2ccc(OC(=O)c3ccc(OCCCCCCOC(=C)C=C)cc3)c(C(=O)OCCCCC)c2)cc1. The summed E-state index contributed by atoms with van der Waals surface area (Å²) in [5, 5.41) is 0. The minimum atomic E-state index is -0.700. The molecule has 0 fully saturated rings. The molecule has 0 atom stereocenters. The average Bonchev–Trinajstić information content (AvgIpc) is 3.22. The molecule has 0 saturated carbocycles. The lowest BCUT2D eigenvalue weighted by atomic mass is 10.1. The van der Waals surface area contributed by atoms with E-state index in [1.807, 2.05) is 6.92 Å². The third kappa shape index (κ3) is 17.1. The fourth-order valence-electron chi connectivity index (χ4n) is 5.13. The van der Waals surface area contributed by atoms with Crippen molar-refractivity contribution >= 4 is 17.9 Å². The standard InChI is InChI=1S/C46H56O10/c1-6-9-14-33-54-46(49)42-34-41(55-44(47)37-19-23-39(24-20-37)52-31-17-12-10-15-29-50-35(4)7-2)27-28-43(42)56-45(48)38-21-25-40(26-22-38)53-32-18-13-11-16-30-51-36(5)8-3/h7-8,19-28,34H,2-6,9-18,29-33H2,1H3. The second-order valence-corrected chi connectivity index (χ2v) is 12.9. The number of allylic oxidation sites excluding steroid dienone is 2. The van der Waals surface area contributed by atoms with Crippen LogP contribution in [0.2, 0.25) is 0 Å². The smallest absolute Gasteiger partial charge is 0.343 e. The molecule has 0 aliphatic rings. The second kappa shape index (κ2) is 26.1. The van der Waals surface area contributed by atoms with Crippen LogP contribution in [-0.2, 0) is 14.2 Å². The number of hydrogen-bond acceptors (Lipinski definition) is 10. The van der Waals surface area contributed by atoms with Gasteiger partial charge in [-0.05, 0) is 137 Å². The van der Waals surface area contributed by atoms with E-state index in [9.17, 15) is 14.4 Å². The van der Waals surface area contributed by atoms with E-state index in [0.717, 1.165) is 64.2 Å². The molecule has 0 bridgehead atoms. The molecule has 0 spiro atoms. The van der Waals surface area contributed by atoms with Crippen LogP contribution < -0.4 is 18.9 Å². The zero-order chi connectivity index (χ0) is 40.4. The molecule has 3 aromatic rings. The van der Waals surface area contributed by atoms with E-state index < -0.39 is 17.9 Å². The lowest BCUT2D eigenvalue weighted by Crippen LogP contribution is -2.14. The number of esters is 3. The number of carbonyl (C=O) groups is 3. The Morgan fingerprint density at radius 3 is 1.41 bits per heavy atom. The van der Waals surface area contributed by atoms with Crippen LogP contribution >= 0.6 is 0 Å². The van der Waals surface area contributed by atoms with Crippen LogP contribution in [0.5, 0.6) is 23.0 Å². The Morgan fingerprint density at radius 2 is 0.929 bits per heavy atom. The molecule has 0 heterocycles. The van der Waals surface area contributed by atoms with Crippen molar-refractivity contribution in [1.82, 2.24) is 0 Å². The minimum absolute atomic E-state index is 0.0248. The Bertz CT molecular complexity index is 1710. The molecule has 3 rings (SSSR count). The first-order valence-corrected chi connectivity index (χ1v) is 19.3. The van der Waals surface area contributed by atoms with E-state index in [2.05, 4.69) is 26.3 Å². The summed E-state index contributed by atoms with van der Waals surface area (Å²) in [4.78, 5) is 39.4. The van der Waals surface area contributed by atoms with Gasteiger partial charge in [-0.25, -0.2) is 14.4 Å². The summed E-state index contributed by atoms with van der Waals surface area (Å²) in [5.41, 5.74) is 0.512. The lowest BCUT2D eigenvalue weighted by Gasteiger charge is -2.13. The van der Waals surface area contributed by atoms with Crippen molar-refractivity contribution in [1.29, 1.82) is 0 Å². The molecule has 0 aliphatic heterocycles. The molecular formula is C46H56O10. The van der Waals surface area contributed by atoms with Crippen LogP contribution in [0.3, 0.4) is 0 Å². The zero-order valence-electron chi connectivity index (χ0n) is 32.7. The molecule has 0 radical (unpaired) electrons. The van der Waals surface area contributed by atoms with E-state index in [4.69, 9.17) is 33.2 Å². The van der Waals surface area contributed by atoms with Gasteiger partial charge in [-0.3, -0.25) is 0 Å². The summed E-state index contributed by atoms with van der Waals surface area (Å²) in [5.74, 6) is 0.470. The summed E-state index contributed by atoms with van der Waals surface area (Å²) in [6.07, 6.45) is 13.3. The Kier molecular flexibility index (Phi) is 20.8. The van der Waals surface area contributed by atoms with Crippen LogP contribution in [-0.4, -0.2) is 50.9 Å². The van der Waals surface area contributed by atoms with Crippen LogP contribution in [0.15, 0.2) is 117 Å². The first-order valence-electron chi connectivity index (χ1n) is 19.3. The van der Waals surface area contributed by atoms with Crippen molar-refractivity contribution < 1.29 is 47.5 Å². The van der Waals surface area contributed by atoms with Gasteiger partial charge in [0.2, 0.25) is 0 Å². The monoisotopic (exact) mass is 768 g/mol. The molecule has 0 unspecified atom stereocenters. The van der Waals surface area contributed by atoms with Crippen molar-refractivity contribution in [2.45, 2.75) is 77.6 Å². The van der Waals surface area contributed by atoms with E-state index in [1.54, 1.807) is 60.7 Å². The van der Waals surface area contributed by atoms with Crippen LogP contribution in [0.1, 0.15) is 109 Å². The molecule has 0 saturated heterocycles. The normalized spacial score (nSPS) is 10.4.